The summed E-state index contributed by atoms with van der Waals surface area (Å²) in [5.74, 6) is -1.42. The van der Waals surface area contributed by atoms with E-state index in [1.807, 2.05) is 0 Å². The molecule has 0 aromatic heterocycles. The summed E-state index contributed by atoms with van der Waals surface area (Å²) in [5.41, 5.74) is -0.955. The number of ether oxygens (including phenoxy) is 1. The molecular formula is C14H24N2O5. The van der Waals surface area contributed by atoms with E-state index >= 15 is 0 Å². The summed E-state index contributed by atoms with van der Waals surface area (Å²) < 4.78 is 4.58. The molecule has 7 nitrogen and oxygen atoms in total. The smallest absolute Gasteiger partial charge is 0.325 e. The molecule has 0 spiro atoms. The molecule has 2 unspecified atom stereocenters. The van der Waals surface area contributed by atoms with Crippen LogP contribution in [-0.2, 0) is 14.3 Å². The number of hydrogen-bond acceptors (Lipinski definition) is 4. The van der Waals surface area contributed by atoms with Crippen LogP contribution in [-0.4, -0.2) is 53.7 Å². The second kappa shape index (κ2) is 6.78. The molecule has 1 aliphatic carbocycles. The average Bonchev–Trinajstić information content (AvgIpc) is 2.78. The molecule has 2 amide bonds. The van der Waals surface area contributed by atoms with Gasteiger partial charge in [-0.25, -0.2) is 4.79 Å². The molecule has 0 bridgehead atoms. The highest BCUT2D eigenvalue weighted by Crippen LogP contribution is 2.38. The molecule has 0 aliphatic heterocycles. The first kappa shape index (κ1) is 17.3. The molecule has 21 heavy (non-hydrogen) atoms. The third-order valence-corrected chi connectivity index (χ3v) is 4.16. The van der Waals surface area contributed by atoms with Crippen LogP contribution in [0.5, 0.6) is 0 Å². The zero-order chi connectivity index (χ0) is 16.2. The highest BCUT2D eigenvalue weighted by Gasteiger charge is 2.46. The van der Waals surface area contributed by atoms with Crippen molar-refractivity contribution in [3.05, 3.63) is 0 Å². The number of carboxylic acid groups (broad SMARTS) is 1. The van der Waals surface area contributed by atoms with Crippen LogP contribution in [0.1, 0.15) is 40.0 Å². The number of esters is 1. The normalized spacial score (nSPS) is 24.7. The third-order valence-electron chi connectivity index (χ3n) is 4.16. The van der Waals surface area contributed by atoms with Gasteiger partial charge in [0.1, 0.15) is 6.54 Å². The third kappa shape index (κ3) is 3.86. The molecule has 120 valence electrons. The van der Waals surface area contributed by atoms with Crippen LogP contribution in [0.4, 0.5) is 4.79 Å². The predicted molar refractivity (Wildman–Crippen MR) is 75.8 cm³/mol. The molecule has 1 saturated carbocycles. The van der Waals surface area contributed by atoms with Crippen LogP contribution in [0.3, 0.4) is 0 Å². The first-order chi connectivity index (χ1) is 9.72. The first-order valence-electron chi connectivity index (χ1n) is 7.09. The van der Waals surface area contributed by atoms with Crippen molar-refractivity contribution in [3.8, 4) is 0 Å². The Bertz CT molecular complexity index is 424. The summed E-state index contributed by atoms with van der Waals surface area (Å²) in [6, 6.07) is -1.06. The fourth-order valence-corrected chi connectivity index (χ4v) is 2.58. The molecule has 7 heteroatoms. The summed E-state index contributed by atoms with van der Waals surface area (Å²) in [4.78, 5) is 36.4. The van der Waals surface area contributed by atoms with Crippen molar-refractivity contribution in [2.75, 3.05) is 13.7 Å². The summed E-state index contributed by atoms with van der Waals surface area (Å²) in [6.07, 6.45) is 1.91. The molecule has 1 fully saturated rings. The Morgan fingerprint density at radius 1 is 1.43 bits per heavy atom. The number of amides is 2. The van der Waals surface area contributed by atoms with Crippen molar-refractivity contribution in [2.24, 2.45) is 5.41 Å². The van der Waals surface area contributed by atoms with Gasteiger partial charge in [0.15, 0.2) is 0 Å². The summed E-state index contributed by atoms with van der Waals surface area (Å²) in [5, 5.41) is 12.1. The first-order valence-corrected chi connectivity index (χ1v) is 7.09. The largest absolute Gasteiger partial charge is 0.481 e. The maximum absolute atomic E-state index is 12.3. The Hall–Kier alpha value is -1.79. The van der Waals surface area contributed by atoms with Crippen molar-refractivity contribution in [1.82, 2.24) is 10.2 Å². The maximum Gasteiger partial charge on any atom is 0.325 e. The second-order valence-corrected chi connectivity index (χ2v) is 5.91. The number of carbonyl (C=O) groups excluding carboxylic acids is 2. The summed E-state index contributed by atoms with van der Waals surface area (Å²) in [6.45, 7) is 5.06. The second-order valence-electron chi connectivity index (χ2n) is 5.91. The van der Waals surface area contributed by atoms with Gasteiger partial charge in [-0.2, -0.15) is 0 Å². The highest BCUT2D eigenvalue weighted by atomic mass is 16.5. The van der Waals surface area contributed by atoms with Crippen LogP contribution in [0.2, 0.25) is 0 Å². The number of aliphatic carboxylic acids is 1. The van der Waals surface area contributed by atoms with E-state index < -0.39 is 29.4 Å². The Labute approximate surface area is 124 Å². The van der Waals surface area contributed by atoms with E-state index in [1.54, 1.807) is 20.8 Å². The fraction of sp³-hybridized carbons (Fsp3) is 0.786. The molecule has 0 aromatic carbocycles. The van der Waals surface area contributed by atoms with Crippen LogP contribution >= 0.6 is 0 Å². The SMILES string of the molecule is COC(=O)CN(C(=O)NC1CCCC1(C)C(=O)O)C(C)C. The van der Waals surface area contributed by atoms with Gasteiger partial charge < -0.3 is 20.1 Å². The minimum absolute atomic E-state index is 0.156. The van der Waals surface area contributed by atoms with E-state index in [4.69, 9.17) is 0 Å². The minimum Gasteiger partial charge on any atom is -0.481 e. The molecule has 0 aromatic rings. The van der Waals surface area contributed by atoms with Gasteiger partial charge >= 0.3 is 18.0 Å². The topological polar surface area (TPSA) is 95.9 Å². The van der Waals surface area contributed by atoms with Crippen molar-refractivity contribution in [1.29, 1.82) is 0 Å². The van der Waals surface area contributed by atoms with Crippen LogP contribution < -0.4 is 5.32 Å². The van der Waals surface area contributed by atoms with Gasteiger partial charge in [0.05, 0.1) is 12.5 Å². The van der Waals surface area contributed by atoms with E-state index in [2.05, 4.69) is 10.1 Å². The molecular weight excluding hydrogens is 276 g/mol. The lowest BCUT2D eigenvalue weighted by atomic mass is 9.85. The van der Waals surface area contributed by atoms with Crippen molar-refractivity contribution in [2.45, 2.75) is 52.1 Å². The quantitative estimate of drug-likeness (QED) is 0.744. The lowest BCUT2D eigenvalue weighted by molar-refractivity contribution is -0.148. The van der Waals surface area contributed by atoms with Crippen LogP contribution in [0.25, 0.3) is 0 Å². The maximum atomic E-state index is 12.3. The van der Waals surface area contributed by atoms with E-state index in [9.17, 15) is 19.5 Å². The van der Waals surface area contributed by atoms with E-state index in [0.717, 1.165) is 6.42 Å². The molecule has 2 N–H and O–H groups in total. The minimum atomic E-state index is -0.955. The van der Waals surface area contributed by atoms with Crippen LogP contribution in [0.15, 0.2) is 0 Å². The number of rotatable bonds is 5. The Morgan fingerprint density at radius 2 is 2.05 bits per heavy atom. The number of carbonyl (C=O) groups is 3. The van der Waals surface area contributed by atoms with Gasteiger partial charge in [-0.05, 0) is 33.6 Å². The summed E-state index contributed by atoms with van der Waals surface area (Å²) in [7, 11) is 1.26. The van der Waals surface area contributed by atoms with E-state index in [-0.39, 0.29) is 12.6 Å². The van der Waals surface area contributed by atoms with Gasteiger partial charge in [-0.15, -0.1) is 0 Å². The number of carboxylic acids is 1. The van der Waals surface area contributed by atoms with Crippen molar-refractivity contribution in [3.63, 3.8) is 0 Å². The zero-order valence-corrected chi connectivity index (χ0v) is 13.0. The number of urea groups is 1. The number of methoxy groups -OCH3 is 1. The standard InChI is InChI=1S/C14H24N2O5/c1-9(2)16(8-11(17)21-4)13(20)15-10-6-5-7-14(10,3)12(18)19/h9-10H,5-8H2,1-4H3,(H,15,20)(H,18,19). The van der Waals surface area contributed by atoms with E-state index in [1.165, 1.54) is 12.0 Å². The Balaban J connectivity index is 2.77. The van der Waals surface area contributed by atoms with Gasteiger partial charge in [0, 0.05) is 12.1 Å². The molecule has 0 saturated heterocycles. The Morgan fingerprint density at radius 3 is 2.52 bits per heavy atom. The number of nitrogens with one attached hydrogen (secondary N) is 1. The molecule has 0 radical (unpaired) electrons. The average molecular weight is 300 g/mol. The molecule has 1 rings (SSSR count). The van der Waals surface area contributed by atoms with Crippen molar-refractivity contribution >= 4 is 18.0 Å². The fourth-order valence-electron chi connectivity index (χ4n) is 2.58. The van der Waals surface area contributed by atoms with Crippen molar-refractivity contribution < 1.29 is 24.2 Å². The Kier molecular flexibility index (Phi) is 5.57. The van der Waals surface area contributed by atoms with E-state index in [0.29, 0.717) is 12.8 Å². The summed E-state index contributed by atoms with van der Waals surface area (Å²) >= 11 is 0. The highest BCUT2D eigenvalue weighted by molar-refractivity contribution is 5.82. The number of nitrogens with zero attached hydrogens (tertiary/aromatic N) is 1. The van der Waals surface area contributed by atoms with Crippen LogP contribution in [0, 0.1) is 5.41 Å². The number of hydrogen-bond donors (Lipinski definition) is 2. The van der Waals surface area contributed by atoms with Gasteiger partial charge in [-0.1, -0.05) is 6.42 Å². The lowest BCUT2D eigenvalue weighted by Gasteiger charge is -2.32. The molecule has 0 heterocycles. The molecule has 1 aliphatic rings. The lowest BCUT2D eigenvalue weighted by Crippen LogP contribution is -2.54. The molecule has 2 atom stereocenters. The predicted octanol–water partition coefficient (Wildman–Crippen LogP) is 1.22. The zero-order valence-electron chi connectivity index (χ0n) is 13.0. The van der Waals surface area contributed by atoms with Gasteiger partial charge in [0.2, 0.25) is 0 Å². The van der Waals surface area contributed by atoms with Gasteiger partial charge in [0.25, 0.3) is 0 Å². The van der Waals surface area contributed by atoms with Gasteiger partial charge in [-0.3, -0.25) is 9.59 Å². The monoisotopic (exact) mass is 300 g/mol.